The minimum Gasteiger partial charge on any atom is -0.512 e. The van der Waals surface area contributed by atoms with E-state index in [9.17, 15) is 0 Å². The van der Waals surface area contributed by atoms with Crippen molar-refractivity contribution in [3.05, 3.63) is 13.1 Å². The van der Waals surface area contributed by atoms with E-state index in [4.69, 9.17) is 23.7 Å². The zero-order valence-corrected chi connectivity index (χ0v) is 5.52. The molecule has 0 aliphatic rings. The first-order chi connectivity index (χ1) is 2.00. The summed E-state index contributed by atoms with van der Waals surface area (Å²) in [7, 11) is 0. The number of hydrogen-bond donors (Lipinski definition) is 1. The maximum Gasteiger partial charge on any atom is 2.00 e. The molecule has 0 spiro atoms. The van der Waals surface area contributed by atoms with Gasteiger partial charge in [0.05, 0.1) is 0 Å². The van der Waals surface area contributed by atoms with Crippen LogP contribution in [0.1, 0.15) is 0 Å². The van der Waals surface area contributed by atoms with Gasteiger partial charge in [-0.1, -0.05) is 0 Å². The van der Waals surface area contributed by atoms with Crippen LogP contribution in [-0.4, -0.2) is 0 Å². The fourth-order valence-corrected chi connectivity index (χ4v) is 0. The SMILES string of the molecule is N.[C-]#N.[C-]#N.[Fe+2].[Fe]. The van der Waals surface area contributed by atoms with Crippen molar-refractivity contribution < 1.29 is 34.1 Å². The third-order valence-electron chi connectivity index (χ3n) is 0. The Morgan fingerprint density at radius 3 is 0.857 bits per heavy atom. The molecule has 3 nitrogen and oxygen atoms in total. The van der Waals surface area contributed by atoms with Gasteiger partial charge in [0, 0.05) is 17.1 Å². The molecule has 0 radical (unpaired) electrons. The molecule has 5 heteroatoms. The van der Waals surface area contributed by atoms with Gasteiger partial charge in [-0.2, -0.15) is 0 Å². The van der Waals surface area contributed by atoms with Gasteiger partial charge >= 0.3 is 17.1 Å². The number of rotatable bonds is 0. The third kappa shape index (κ3) is 214000. The number of hydrogen-bond acceptors (Lipinski definition) is 3. The molecule has 0 heterocycles. The molecule has 42 valence electrons. The Morgan fingerprint density at radius 2 is 0.857 bits per heavy atom. The topological polar surface area (TPSA) is 82.6 Å². The molecule has 0 bridgehead atoms. The van der Waals surface area contributed by atoms with Gasteiger partial charge in [0.2, 0.25) is 0 Å². The Hall–Kier alpha value is -0.0210. The fraction of sp³-hybridized carbons (Fsp3) is 0. The van der Waals surface area contributed by atoms with E-state index in [1.165, 1.54) is 0 Å². The van der Waals surface area contributed by atoms with Crippen molar-refractivity contribution in [2.45, 2.75) is 0 Å². The van der Waals surface area contributed by atoms with Gasteiger partial charge in [-0.15, -0.1) is 0 Å². The van der Waals surface area contributed by atoms with E-state index in [1.54, 1.807) is 0 Å². The van der Waals surface area contributed by atoms with E-state index in [0.29, 0.717) is 0 Å². The zero-order valence-electron chi connectivity index (χ0n) is 3.31. The molecule has 0 fully saturated rings. The summed E-state index contributed by atoms with van der Waals surface area (Å²) in [5.41, 5.74) is 0. The Morgan fingerprint density at radius 1 is 0.857 bits per heavy atom. The van der Waals surface area contributed by atoms with Crippen molar-refractivity contribution in [3.8, 4) is 0 Å². The molecule has 0 rings (SSSR count). The first-order valence-corrected chi connectivity index (χ1v) is 0.447. The maximum atomic E-state index is 6.25. The Bertz CT molecular complexity index is 26.4. The molecular weight excluding hydrogens is 178 g/mol. The van der Waals surface area contributed by atoms with Crippen molar-refractivity contribution in [2.75, 3.05) is 0 Å². The van der Waals surface area contributed by atoms with Crippen LogP contribution in [-0.2, 0) is 34.1 Å². The van der Waals surface area contributed by atoms with Crippen LogP contribution in [0.5, 0.6) is 0 Å². The second-order valence-corrected chi connectivity index (χ2v) is 0. The van der Waals surface area contributed by atoms with E-state index in [2.05, 4.69) is 0 Å². The number of nitrogens with zero attached hydrogens (tertiary/aromatic N) is 2. The normalized spacial score (nSPS) is 0.571. The Balaban J connectivity index is -0.00000000267. The largest absolute Gasteiger partial charge is 2.00 e. The van der Waals surface area contributed by atoms with Crippen LogP contribution in [0.3, 0.4) is 0 Å². The standard InChI is InChI=1S/2CN.2Fe.H3N/c2*1-2;;;/h;;;;1H3/q2*-1;;+2;. The summed E-state index contributed by atoms with van der Waals surface area (Å²) in [6, 6.07) is 0. The minimum atomic E-state index is 0. The summed E-state index contributed by atoms with van der Waals surface area (Å²) in [6.45, 7) is 9.50. The maximum absolute atomic E-state index is 6.25. The van der Waals surface area contributed by atoms with Crippen LogP contribution in [0.15, 0.2) is 0 Å². The summed E-state index contributed by atoms with van der Waals surface area (Å²) < 4.78 is 0. The summed E-state index contributed by atoms with van der Waals surface area (Å²) in [4.78, 5) is 0. The molecule has 0 aliphatic carbocycles. The van der Waals surface area contributed by atoms with Crippen molar-refractivity contribution >= 4 is 0 Å². The molecule has 0 amide bonds. The molecular formula is C2H3Fe2N3. The predicted molar refractivity (Wildman–Crippen MR) is 15.0 cm³/mol. The van der Waals surface area contributed by atoms with E-state index in [-0.39, 0.29) is 40.3 Å². The van der Waals surface area contributed by atoms with Crippen LogP contribution in [0.4, 0.5) is 0 Å². The molecule has 0 atom stereocenters. The van der Waals surface area contributed by atoms with E-state index in [0.717, 1.165) is 0 Å². The van der Waals surface area contributed by atoms with Gasteiger partial charge in [0.15, 0.2) is 0 Å². The molecule has 0 saturated carbocycles. The first kappa shape index (κ1) is 63.7. The fourth-order valence-electron chi connectivity index (χ4n) is 0. The third-order valence-corrected chi connectivity index (χ3v) is 0. The van der Waals surface area contributed by atoms with Crippen molar-refractivity contribution in [3.63, 3.8) is 0 Å². The average Bonchev–Trinajstić information content (AvgIpc) is 1.50. The summed E-state index contributed by atoms with van der Waals surface area (Å²) in [5, 5.41) is 12.5. The van der Waals surface area contributed by atoms with Gasteiger partial charge in [0.1, 0.15) is 0 Å². The molecule has 0 aromatic carbocycles. The molecule has 7 heavy (non-hydrogen) atoms. The van der Waals surface area contributed by atoms with E-state index < -0.39 is 0 Å². The molecule has 3 N–H and O–H groups in total. The molecule has 0 aromatic rings. The molecule has 0 aliphatic heterocycles. The second-order valence-electron chi connectivity index (χ2n) is 0. The van der Waals surface area contributed by atoms with Crippen LogP contribution in [0.25, 0.3) is 0 Å². The van der Waals surface area contributed by atoms with Crippen LogP contribution < -0.4 is 6.15 Å². The molecule has 0 aromatic heterocycles. The monoisotopic (exact) mass is 181 g/mol. The van der Waals surface area contributed by atoms with Gasteiger partial charge in [0.25, 0.3) is 0 Å². The van der Waals surface area contributed by atoms with Crippen molar-refractivity contribution in [2.24, 2.45) is 0 Å². The van der Waals surface area contributed by atoms with Gasteiger partial charge in [-0.3, -0.25) is 0 Å². The van der Waals surface area contributed by atoms with Crippen molar-refractivity contribution in [1.82, 2.24) is 6.15 Å². The van der Waals surface area contributed by atoms with Crippen LogP contribution in [0.2, 0.25) is 0 Å². The van der Waals surface area contributed by atoms with E-state index >= 15 is 0 Å². The Labute approximate surface area is 64.2 Å². The van der Waals surface area contributed by atoms with Crippen LogP contribution >= 0.6 is 0 Å². The van der Waals surface area contributed by atoms with Crippen LogP contribution in [0, 0.1) is 23.7 Å². The molecule has 0 unspecified atom stereocenters. The molecule has 0 saturated heterocycles. The minimum absolute atomic E-state index is 0. The van der Waals surface area contributed by atoms with Gasteiger partial charge in [-0.25, -0.2) is 0 Å². The summed E-state index contributed by atoms with van der Waals surface area (Å²) in [6.07, 6.45) is 0. The van der Waals surface area contributed by atoms with Gasteiger partial charge < -0.3 is 29.8 Å². The zero-order chi connectivity index (χ0) is 4.00. The first-order valence-electron chi connectivity index (χ1n) is 0.447. The second kappa shape index (κ2) is 335000. The quantitative estimate of drug-likeness (QED) is 0.432. The van der Waals surface area contributed by atoms with E-state index in [1.807, 2.05) is 0 Å². The summed E-state index contributed by atoms with van der Waals surface area (Å²) in [5.74, 6) is 0. The van der Waals surface area contributed by atoms with Gasteiger partial charge in [-0.05, 0) is 0 Å². The predicted octanol–water partition coefficient (Wildman–Crippen LogP) is 0.350. The smallest absolute Gasteiger partial charge is 0.512 e. The Kier molecular flexibility index (Phi) is 3050000. The summed E-state index contributed by atoms with van der Waals surface area (Å²) >= 11 is 0. The van der Waals surface area contributed by atoms with Crippen molar-refractivity contribution in [1.29, 1.82) is 10.5 Å². The average molecular weight is 181 g/mol.